The van der Waals surface area contributed by atoms with Crippen LogP contribution in [0.15, 0.2) is 85.5 Å². The van der Waals surface area contributed by atoms with Crippen LogP contribution in [-0.2, 0) is 4.79 Å². The van der Waals surface area contributed by atoms with Gasteiger partial charge in [0.1, 0.15) is 5.82 Å². The lowest BCUT2D eigenvalue weighted by Gasteiger charge is -2.32. The number of H-pyrrole nitrogens is 1. The number of carbonyl (C=O) groups is 1. The highest BCUT2D eigenvalue weighted by molar-refractivity contribution is 6.02. The highest BCUT2D eigenvalue weighted by Crippen LogP contribution is 2.35. The average Bonchev–Trinajstić information content (AvgIpc) is 3.39. The van der Waals surface area contributed by atoms with Gasteiger partial charge in [0.05, 0.1) is 11.1 Å². The van der Waals surface area contributed by atoms with Crippen LogP contribution in [0.3, 0.4) is 0 Å². The van der Waals surface area contributed by atoms with Gasteiger partial charge in [0.25, 0.3) is 0 Å². The van der Waals surface area contributed by atoms with E-state index in [9.17, 15) is 9.18 Å². The van der Waals surface area contributed by atoms with E-state index in [2.05, 4.69) is 56.7 Å². The number of fused-ring (bicyclic) bond motifs is 1. The number of anilines is 6. The van der Waals surface area contributed by atoms with Crippen molar-refractivity contribution in [2.75, 3.05) is 33.9 Å². The number of piperidine rings is 1. The number of nitrogens with zero attached hydrogens (tertiary/aromatic N) is 4. The van der Waals surface area contributed by atoms with Crippen molar-refractivity contribution in [2.45, 2.75) is 19.8 Å². The lowest BCUT2D eigenvalue weighted by atomic mass is 9.99. The molecule has 1 fully saturated rings. The van der Waals surface area contributed by atoms with Crippen molar-refractivity contribution in [3.63, 3.8) is 0 Å². The largest absolute Gasteiger partial charge is 0.371 e. The molecule has 0 aliphatic carbocycles. The van der Waals surface area contributed by atoms with E-state index >= 15 is 0 Å². The highest BCUT2D eigenvalue weighted by atomic mass is 19.1. The van der Waals surface area contributed by atoms with Crippen molar-refractivity contribution in [3.05, 3.63) is 91.3 Å². The summed E-state index contributed by atoms with van der Waals surface area (Å²) in [5.74, 6) is 0.888. The number of rotatable bonds is 8. The van der Waals surface area contributed by atoms with E-state index in [-0.39, 0.29) is 11.7 Å². The standard InChI is InChI=1S/C32H31FN8O/c1-3-27(42)34-23-9-4-7-21(17-23)29-28-30(35-24-10-5-8-22(33)18-24)39-40-31(28)38-32(37-29)36-25-11-6-12-26(19-25)41-15-13-20(2)14-16-41/h3-12,17-20H,1,13-16H2,2H3,(H,34,42)(H3,35,36,37,38,39,40). The van der Waals surface area contributed by atoms with Gasteiger partial charge < -0.3 is 20.9 Å². The highest BCUT2D eigenvalue weighted by Gasteiger charge is 2.19. The number of nitrogens with one attached hydrogen (secondary N) is 4. The molecule has 1 amide bonds. The smallest absolute Gasteiger partial charge is 0.247 e. The minimum atomic E-state index is -0.366. The lowest BCUT2D eigenvalue weighted by molar-refractivity contribution is -0.111. The molecule has 10 heteroatoms. The maximum atomic E-state index is 13.9. The molecule has 9 nitrogen and oxygen atoms in total. The quantitative estimate of drug-likeness (QED) is 0.151. The Hall–Kier alpha value is -5.25. The molecule has 3 heterocycles. The van der Waals surface area contributed by atoms with Gasteiger partial charge in [-0.05, 0) is 73.4 Å². The molecule has 0 spiro atoms. The van der Waals surface area contributed by atoms with Crippen molar-refractivity contribution in [1.82, 2.24) is 20.2 Å². The van der Waals surface area contributed by atoms with E-state index in [0.717, 1.165) is 35.9 Å². The van der Waals surface area contributed by atoms with Gasteiger partial charge in [-0.25, -0.2) is 9.37 Å². The first kappa shape index (κ1) is 26.9. The number of aromatic nitrogens is 4. The van der Waals surface area contributed by atoms with E-state index in [1.165, 1.54) is 31.1 Å². The van der Waals surface area contributed by atoms with Crippen LogP contribution in [0.4, 0.5) is 38.9 Å². The van der Waals surface area contributed by atoms with Crippen molar-refractivity contribution < 1.29 is 9.18 Å². The maximum absolute atomic E-state index is 13.9. The number of aromatic amines is 1. The Morgan fingerprint density at radius 3 is 2.50 bits per heavy atom. The Balaban J connectivity index is 1.39. The number of hydrogen-bond donors (Lipinski definition) is 4. The van der Waals surface area contributed by atoms with Crippen LogP contribution < -0.4 is 20.9 Å². The first-order chi connectivity index (χ1) is 20.4. The van der Waals surface area contributed by atoms with Crippen molar-refractivity contribution in [1.29, 1.82) is 0 Å². The van der Waals surface area contributed by atoms with Gasteiger partial charge in [0.15, 0.2) is 11.5 Å². The first-order valence-electron chi connectivity index (χ1n) is 13.9. The molecule has 1 saturated heterocycles. The van der Waals surface area contributed by atoms with Gasteiger partial charge in [0.2, 0.25) is 11.9 Å². The fraction of sp³-hybridized carbons (Fsp3) is 0.188. The summed E-state index contributed by atoms with van der Waals surface area (Å²) in [6.07, 6.45) is 3.57. The van der Waals surface area contributed by atoms with Gasteiger partial charge in [-0.1, -0.05) is 37.8 Å². The van der Waals surface area contributed by atoms with Crippen molar-refractivity contribution >= 4 is 51.5 Å². The Morgan fingerprint density at radius 1 is 0.976 bits per heavy atom. The second kappa shape index (κ2) is 11.7. The van der Waals surface area contributed by atoms with Crippen LogP contribution in [0.5, 0.6) is 0 Å². The molecule has 0 bridgehead atoms. The monoisotopic (exact) mass is 562 g/mol. The molecule has 0 radical (unpaired) electrons. The van der Waals surface area contributed by atoms with E-state index in [1.807, 2.05) is 30.3 Å². The molecule has 212 valence electrons. The summed E-state index contributed by atoms with van der Waals surface area (Å²) < 4.78 is 13.9. The Bertz CT molecular complexity index is 1760. The molecule has 0 unspecified atom stereocenters. The predicted octanol–water partition coefficient (Wildman–Crippen LogP) is 7.01. The average molecular weight is 563 g/mol. The normalized spacial score (nSPS) is 13.6. The Morgan fingerprint density at radius 2 is 1.71 bits per heavy atom. The summed E-state index contributed by atoms with van der Waals surface area (Å²) in [5.41, 5.74) is 4.93. The minimum absolute atomic E-state index is 0.317. The molecule has 6 rings (SSSR count). The number of amides is 1. The van der Waals surface area contributed by atoms with Crippen LogP contribution in [0, 0.1) is 11.7 Å². The Labute approximate surface area is 242 Å². The van der Waals surface area contributed by atoms with Gasteiger partial charge in [-0.3, -0.25) is 9.89 Å². The third kappa shape index (κ3) is 5.92. The molecule has 0 atom stereocenters. The van der Waals surface area contributed by atoms with Crippen LogP contribution in [0.25, 0.3) is 22.3 Å². The molecule has 0 saturated carbocycles. The molecule has 1 aliphatic rings. The van der Waals surface area contributed by atoms with Gasteiger partial charge in [0, 0.05) is 41.4 Å². The van der Waals surface area contributed by atoms with Gasteiger partial charge in [-0.15, -0.1) is 0 Å². The second-order valence-corrected chi connectivity index (χ2v) is 10.4. The number of benzene rings is 3. The van der Waals surface area contributed by atoms with Crippen molar-refractivity contribution in [3.8, 4) is 11.3 Å². The minimum Gasteiger partial charge on any atom is -0.371 e. The molecule has 1 aliphatic heterocycles. The van der Waals surface area contributed by atoms with Crippen LogP contribution in [0.2, 0.25) is 0 Å². The second-order valence-electron chi connectivity index (χ2n) is 10.4. The molecule has 4 N–H and O–H groups in total. The van der Waals surface area contributed by atoms with Crippen molar-refractivity contribution in [2.24, 2.45) is 5.92 Å². The molecular formula is C32H31FN8O. The molecule has 42 heavy (non-hydrogen) atoms. The lowest BCUT2D eigenvalue weighted by Crippen LogP contribution is -2.32. The van der Waals surface area contributed by atoms with Gasteiger partial charge in [-0.2, -0.15) is 10.1 Å². The van der Waals surface area contributed by atoms with Crippen LogP contribution in [-0.4, -0.2) is 39.2 Å². The summed E-state index contributed by atoms with van der Waals surface area (Å²) in [7, 11) is 0. The Kier molecular flexibility index (Phi) is 7.50. The fourth-order valence-electron chi connectivity index (χ4n) is 5.10. The van der Waals surface area contributed by atoms with Gasteiger partial charge >= 0.3 is 0 Å². The van der Waals surface area contributed by atoms with Crippen LogP contribution in [0.1, 0.15) is 19.8 Å². The van der Waals surface area contributed by atoms with E-state index in [0.29, 0.717) is 39.9 Å². The zero-order valence-electron chi connectivity index (χ0n) is 23.2. The topological polar surface area (TPSA) is 111 Å². The van der Waals surface area contributed by atoms with E-state index in [1.54, 1.807) is 18.2 Å². The molecule has 5 aromatic rings. The summed E-state index contributed by atoms with van der Waals surface area (Å²) in [6.45, 7) is 7.90. The third-order valence-electron chi connectivity index (χ3n) is 7.35. The zero-order chi connectivity index (χ0) is 29.1. The summed E-state index contributed by atoms with van der Waals surface area (Å²) in [6, 6.07) is 21.7. The number of carbonyl (C=O) groups excluding carboxylic acids is 1. The first-order valence-corrected chi connectivity index (χ1v) is 13.9. The summed E-state index contributed by atoms with van der Waals surface area (Å²) in [5, 5.41) is 17.4. The number of halogens is 1. The summed E-state index contributed by atoms with van der Waals surface area (Å²) >= 11 is 0. The SMILES string of the molecule is C=CC(=O)Nc1cccc(-c2nc(Nc3cccc(N4CCC(C)CC4)c3)nc3[nH]nc(Nc4cccc(F)c4)c23)c1. The number of hydrogen-bond acceptors (Lipinski definition) is 7. The molecular weight excluding hydrogens is 531 g/mol. The molecule has 3 aromatic carbocycles. The third-order valence-corrected chi connectivity index (χ3v) is 7.35. The fourth-order valence-corrected chi connectivity index (χ4v) is 5.10. The predicted molar refractivity (Wildman–Crippen MR) is 166 cm³/mol. The van der Waals surface area contributed by atoms with E-state index in [4.69, 9.17) is 9.97 Å². The van der Waals surface area contributed by atoms with E-state index < -0.39 is 0 Å². The maximum Gasteiger partial charge on any atom is 0.247 e. The molecule has 2 aromatic heterocycles. The zero-order valence-corrected chi connectivity index (χ0v) is 23.2. The van der Waals surface area contributed by atoms with Crippen LogP contribution >= 0.6 is 0 Å². The summed E-state index contributed by atoms with van der Waals surface area (Å²) in [4.78, 5) is 24.0.